The third-order valence-corrected chi connectivity index (χ3v) is 2.88. The summed E-state index contributed by atoms with van der Waals surface area (Å²) in [6, 6.07) is 0. The van der Waals surface area contributed by atoms with Crippen molar-refractivity contribution in [3.05, 3.63) is 23.5 Å². The highest BCUT2D eigenvalue weighted by molar-refractivity contribution is 5.83. The zero-order valence-electron chi connectivity index (χ0n) is 8.17. The van der Waals surface area contributed by atoms with Crippen LogP contribution in [0.2, 0.25) is 0 Å². The van der Waals surface area contributed by atoms with E-state index in [4.69, 9.17) is 10.5 Å². The fourth-order valence-corrected chi connectivity index (χ4v) is 2.10. The van der Waals surface area contributed by atoms with Gasteiger partial charge in [-0.2, -0.15) is 0 Å². The van der Waals surface area contributed by atoms with Crippen molar-refractivity contribution < 1.29 is 9.53 Å². The van der Waals surface area contributed by atoms with E-state index in [-0.39, 0.29) is 5.97 Å². The monoisotopic (exact) mass is 194 g/mol. The number of carbonyl (C=O) groups excluding carboxylic acids is 1. The number of aromatic amines is 1. The molecule has 1 atom stereocenters. The molecule has 1 unspecified atom stereocenters. The average Bonchev–Trinajstić information content (AvgIpc) is 2.66. The Morgan fingerprint density at radius 1 is 1.64 bits per heavy atom. The Bertz CT molecular complexity index is 359. The predicted octanol–water partition coefficient (Wildman–Crippen LogP) is 0.678. The molecule has 1 aromatic heterocycles. The lowest BCUT2D eigenvalue weighted by Gasteiger charge is -2.30. The number of nitrogens with one attached hydrogen (secondary N) is 1. The van der Waals surface area contributed by atoms with Gasteiger partial charge in [-0.15, -0.1) is 0 Å². The van der Waals surface area contributed by atoms with Gasteiger partial charge in [-0.05, 0) is 24.8 Å². The SMILES string of the molecule is COC(=O)C1(N)CCCc2c[nH]cc21. The summed E-state index contributed by atoms with van der Waals surface area (Å²) in [6.07, 6.45) is 6.26. The lowest BCUT2D eigenvalue weighted by Crippen LogP contribution is -2.47. The number of esters is 1. The van der Waals surface area contributed by atoms with Gasteiger partial charge in [0, 0.05) is 18.0 Å². The molecule has 0 aliphatic heterocycles. The number of aromatic nitrogens is 1. The topological polar surface area (TPSA) is 68.1 Å². The summed E-state index contributed by atoms with van der Waals surface area (Å²) in [4.78, 5) is 14.6. The highest BCUT2D eigenvalue weighted by Crippen LogP contribution is 2.33. The Balaban J connectivity index is 2.44. The quantitative estimate of drug-likeness (QED) is 0.646. The molecule has 1 aromatic rings. The Morgan fingerprint density at radius 2 is 2.43 bits per heavy atom. The largest absolute Gasteiger partial charge is 0.467 e. The number of fused-ring (bicyclic) bond motifs is 1. The third kappa shape index (κ3) is 1.14. The van der Waals surface area contributed by atoms with Crippen LogP contribution in [0.3, 0.4) is 0 Å². The number of nitrogens with two attached hydrogens (primary N) is 1. The standard InChI is InChI=1S/C10H14N2O2/c1-14-9(13)10(11)4-2-3-7-5-12-6-8(7)10/h5-6,12H,2-4,11H2,1H3. The normalized spacial score (nSPS) is 25.6. The first-order chi connectivity index (χ1) is 6.68. The van der Waals surface area contributed by atoms with Crippen molar-refractivity contribution in [2.24, 2.45) is 5.73 Å². The van der Waals surface area contributed by atoms with E-state index in [0.29, 0.717) is 6.42 Å². The van der Waals surface area contributed by atoms with Gasteiger partial charge in [0.15, 0.2) is 0 Å². The summed E-state index contributed by atoms with van der Waals surface area (Å²) >= 11 is 0. The van der Waals surface area contributed by atoms with Gasteiger partial charge < -0.3 is 15.5 Å². The number of hydrogen-bond donors (Lipinski definition) is 2. The fourth-order valence-electron chi connectivity index (χ4n) is 2.10. The number of rotatable bonds is 1. The second-order valence-electron chi connectivity index (χ2n) is 3.71. The number of carbonyl (C=O) groups is 1. The highest BCUT2D eigenvalue weighted by atomic mass is 16.5. The maximum absolute atomic E-state index is 11.6. The minimum atomic E-state index is -0.942. The molecule has 0 fully saturated rings. The molecule has 0 radical (unpaired) electrons. The van der Waals surface area contributed by atoms with Crippen LogP contribution in [0, 0.1) is 0 Å². The molecular weight excluding hydrogens is 180 g/mol. The van der Waals surface area contributed by atoms with Crippen molar-refractivity contribution in [1.29, 1.82) is 0 Å². The second-order valence-corrected chi connectivity index (χ2v) is 3.71. The Hall–Kier alpha value is -1.29. The number of ether oxygens (including phenoxy) is 1. The van der Waals surface area contributed by atoms with Crippen molar-refractivity contribution >= 4 is 5.97 Å². The van der Waals surface area contributed by atoms with E-state index in [1.54, 1.807) is 6.20 Å². The minimum absolute atomic E-state index is 0.349. The number of hydrogen-bond acceptors (Lipinski definition) is 3. The summed E-state index contributed by atoms with van der Waals surface area (Å²) < 4.78 is 4.74. The Labute approximate surface area is 82.4 Å². The fraction of sp³-hybridized carbons (Fsp3) is 0.500. The molecule has 4 heteroatoms. The van der Waals surface area contributed by atoms with Gasteiger partial charge in [-0.25, -0.2) is 4.79 Å². The molecule has 0 aromatic carbocycles. The highest BCUT2D eigenvalue weighted by Gasteiger charge is 2.41. The molecule has 4 nitrogen and oxygen atoms in total. The first-order valence-electron chi connectivity index (χ1n) is 4.72. The molecule has 2 rings (SSSR count). The second kappa shape index (κ2) is 3.13. The van der Waals surface area contributed by atoms with E-state index in [0.717, 1.165) is 24.0 Å². The van der Waals surface area contributed by atoms with E-state index in [1.165, 1.54) is 7.11 Å². The molecular formula is C10H14N2O2. The molecule has 0 saturated carbocycles. The van der Waals surface area contributed by atoms with Crippen LogP contribution in [0.25, 0.3) is 0 Å². The van der Waals surface area contributed by atoms with Gasteiger partial charge in [0.05, 0.1) is 7.11 Å². The lowest BCUT2D eigenvalue weighted by atomic mass is 9.79. The zero-order valence-corrected chi connectivity index (χ0v) is 8.17. The number of methoxy groups -OCH3 is 1. The van der Waals surface area contributed by atoms with Crippen molar-refractivity contribution in [3.63, 3.8) is 0 Å². The van der Waals surface area contributed by atoms with Crippen LogP contribution < -0.4 is 5.73 Å². The molecule has 76 valence electrons. The van der Waals surface area contributed by atoms with Crippen molar-refractivity contribution in [2.45, 2.75) is 24.8 Å². The van der Waals surface area contributed by atoms with Crippen LogP contribution in [-0.2, 0) is 21.5 Å². The van der Waals surface area contributed by atoms with Gasteiger partial charge in [0.1, 0.15) is 5.54 Å². The van der Waals surface area contributed by atoms with Gasteiger partial charge >= 0.3 is 5.97 Å². The Morgan fingerprint density at radius 3 is 3.14 bits per heavy atom. The smallest absolute Gasteiger partial charge is 0.330 e. The van der Waals surface area contributed by atoms with E-state index in [1.807, 2.05) is 6.20 Å². The van der Waals surface area contributed by atoms with Crippen LogP contribution in [-0.4, -0.2) is 18.1 Å². The van der Waals surface area contributed by atoms with Crippen molar-refractivity contribution in [1.82, 2.24) is 4.98 Å². The van der Waals surface area contributed by atoms with Crippen LogP contribution in [0.4, 0.5) is 0 Å². The lowest BCUT2D eigenvalue weighted by molar-refractivity contribution is -0.148. The van der Waals surface area contributed by atoms with E-state index < -0.39 is 5.54 Å². The van der Waals surface area contributed by atoms with Gasteiger partial charge in [-0.1, -0.05) is 0 Å². The number of aryl methyl sites for hydroxylation is 1. The molecule has 14 heavy (non-hydrogen) atoms. The molecule has 0 spiro atoms. The zero-order chi connectivity index (χ0) is 10.2. The first-order valence-corrected chi connectivity index (χ1v) is 4.72. The summed E-state index contributed by atoms with van der Waals surface area (Å²) in [7, 11) is 1.37. The molecule has 3 N–H and O–H groups in total. The first kappa shape index (κ1) is 9.27. The van der Waals surface area contributed by atoms with E-state index >= 15 is 0 Å². The summed E-state index contributed by atoms with van der Waals surface area (Å²) in [5.74, 6) is -0.349. The maximum Gasteiger partial charge on any atom is 0.330 e. The van der Waals surface area contributed by atoms with E-state index in [9.17, 15) is 4.79 Å². The molecule has 0 amide bonds. The summed E-state index contributed by atoms with van der Waals surface area (Å²) in [6.45, 7) is 0. The number of H-pyrrole nitrogens is 1. The summed E-state index contributed by atoms with van der Waals surface area (Å²) in [5, 5.41) is 0. The molecule has 1 heterocycles. The van der Waals surface area contributed by atoms with Crippen molar-refractivity contribution in [3.8, 4) is 0 Å². The molecule has 1 aliphatic carbocycles. The molecule has 0 saturated heterocycles. The van der Waals surface area contributed by atoms with E-state index in [2.05, 4.69) is 4.98 Å². The van der Waals surface area contributed by atoms with Gasteiger partial charge in [-0.3, -0.25) is 0 Å². The maximum atomic E-state index is 11.6. The molecule has 0 bridgehead atoms. The Kier molecular flexibility index (Phi) is 2.07. The van der Waals surface area contributed by atoms with Crippen LogP contribution in [0.5, 0.6) is 0 Å². The average molecular weight is 194 g/mol. The van der Waals surface area contributed by atoms with Crippen LogP contribution in [0.1, 0.15) is 24.0 Å². The van der Waals surface area contributed by atoms with Gasteiger partial charge in [0.2, 0.25) is 0 Å². The van der Waals surface area contributed by atoms with Crippen molar-refractivity contribution in [2.75, 3.05) is 7.11 Å². The minimum Gasteiger partial charge on any atom is -0.467 e. The van der Waals surface area contributed by atoms with Crippen LogP contribution in [0.15, 0.2) is 12.4 Å². The molecule has 1 aliphatic rings. The van der Waals surface area contributed by atoms with Gasteiger partial charge in [0.25, 0.3) is 0 Å². The van der Waals surface area contributed by atoms with Crippen LogP contribution >= 0.6 is 0 Å². The predicted molar refractivity (Wildman–Crippen MR) is 51.6 cm³/mol. The third-order valence-electron chi connectivity index (χ3n) is 2.88. The summed E-state index contributed by atoms with van der Waals surface area (Å²) in [5.41, 5.74) is 7.15.